The van der Waals surface area contributed by atoms with E-state index in [-0.39, 0.29) is 11.2 Å². The van der Waals surface area contributed by atoms with Crippen molar-refractivity contribution in [1.82, 2.24) is 9.55 Å². The first-order chi connectivity index (χ1) is 12.2. The predicted octanol–water partition coefficient (Wildman–Crippen LogP) is 4.34. The van der Waals surface area contributed by atoms with E-state index < -0.39 is 0 Å². The van der Waals surface area contributed by atoms with Gasteiger partial charge in [-0.25, -0.2) is 9.37 Å². The molecule has 1 fully saturated rings. The second-order valence-electron chi connectivity index (χ2n) is 6.69. The first-order valence-corrected chi connectivity index (χ1v) is 8.58. The molecule has 25 heavy (non-hydrogen) atoms. The number of aromatic nitrogens is 2. The molecule has 1 saturated heterocycles. The Kier molecular flexibility index (Phi) is 4.17. The molecule has 0 spiro atoms. The van der Waals surface area contributed by atoms with Crippen LogP contribution in [0.2, 0.25) is 0 Å². The number of ether oxygens (including phenoxy) is 1. The molecular formula is C20H21FN2O2. The van der Waals surface area contributed by atoms with Crippen molar-refractivity contribution in [3.8, 4) is 11.6 Å². The third-order valence-electron chi connectivity index (χ3n) is 5.04. The molecule has 0 N–H and O–H groups in total. The van der Waals surface area contributed by atoms with Gasteiger partial charge in [0.25, 0.3) is 0 Å². The molecule has 0 aliphatic carbocycles. The van der Waals surface area contributed by atoms with Crippen molar-refractivity contribution in [3.05, 3.63) is 65.9 Å². The molecule has 5 heteroatoms. The zero-order valence-corrected chi connectivity index (χ0v) is 14.2. The fourth-order valence-electron chi connectivity index (χ4n) is 3.66. The lowest BCUT2D eigenvalue weighted by atomic mass is 9.74. The van der Waals surface area contributed by atoms with Crippen molar-refractivity contribution >= 4 is 0 Å². The highest BCUT2D eigenvalue weighted by Crippen LogP contribution is 2.38. The van der Waals surface area contributed by atoms with Crippen LogP contribution in [0.4, 0.5) is 4.39 Å². The lowest BCUT2D eigenvalue weighted by Crippen LogP contribution is -2.38. The van der Waals surface area contributed by atoms with Gasteiger partial charge >= 0.3 is 0 Å². The molecule has 0 unspecified atom stereocenters. The highest BCUT2D eigenvalue weighted by atomic mass is 19.1. The number of hydrogen-bond donors (Lipinski definition) is 0. The van der Waals surface area contributed by atoms with Crippen LogP contribution in [0.5, 0.6) is 0 Å². The van der Waals surface area contributed by atoms with Crippen molar-refractivity contribution in [2.75, 3.05) is 13.2 Å². The van der Waals surface area contributed by atoms with Crippen molar-refractivity contribution in [1.29, 1.82) is 0 Å². The van der Waals surface area contributed by atoms with E-state index in [1.54, 1.807) is 18.3 Å². The minimum atomic E-state index is -0.198. The van der Waals surface area contributed by atoms with Crippen LogP contribution >= 0.6 is 0 Å². The first-order valence-electron chi connectivity index (χ1n) is 8.58. The molecule has 0 atom stereocenters. The largest absolute Gasteiger partial charge is 0.458 e. The minimum Gasteiger partial charge on any atom is -0.458 e. The third kappa shape index (κ3) is 3.12. The Labute approximate surface area is 146 Å². The van der Waals surface area contributed by atoms with Gasteiger partial charge in [0.2, 0.25) is 0 Å². The van der Waals surface area contributed by atoms with Crippen LogP contribution in [0.25, 0.3) is 11.6 Å². The normalized spacial score (nSPS) is 16.9. The maximum Gasteiger partial charge on any atom is 0.176 e. The monoisotopic (exact) mass is 340 g/mol. The second kappa shape index (κ2) is 6.48. The maximum absolute atomic E-state index is 13.9. The van der Waals surface area contributed by atoms with Gasteiger partial charge in [-0.2, -0.15) is 0 Å². The van der Waals surface area contributed by atoms with Gasteiger partial charge in [0.05, 0.1) is 0 Å². The molecule has 1 aliphatic rings. The van der Waals surface area contributed by atoms with E-state index in [9.17, 15) is 4.39 Å². The molecule has 0 bridgehead atoms. The number of aryl methyl sites for hydroxylation is 1. The Bertz CT molecular complexity index is 862. The molecule has 4 rings (SSSR count). The number of furan rings is 1. The lowest BCUT2D eigenvalue weighted by Gasteiger charge is -2.38. The Balaban J connectivity index is 1.72. The number of imidazole rings is 1. The molecule has 3 heterocycles. The minimum absolute atomic E-state index is 0.169. The molecule has 0 amide bonds. The molecule has 2 aromatic heterocycles. The Morgan fingerprint density at radius 3 is 2.76 bits per heavy atom. The third-order valence-corrected chi connectivity index (χ3v) is 5.04. The predicted molar refractivity (Wildman–Crippen MR) is 92.8 cm³/mol. The van der Waals surface area contributed by atoms with Gasteiger partial charge in [0.1, 0.15) is 11.6 Å². The van der Waals surface area contributed by atoms with Crippen LogP contribution in [0.3, 0.4) is 0 Å². The van der Waals surface area contributed by atoms with E-state index in [0.717, 1.165) is 42.3 Å². The van der Waals surface area contributed by atoms with Crippen LogP contribution in [0.15, 0.2) is 53.2 Å². The summed E-state index contributed by atoms with van der Waals surface area (Å²) in [7, 11) is 0. The molecule has 1 aliphatic heterocycles. The quantitative estimate of drug-likeness (QED) is 0.709. The maximum atomic E-state index is 13.9. The molecule has 0 saturated carbocycles. The van der Waals surface area contributed by atoms with Gasteiger partial charge < -0.3 is 13.7 Å². The Morgan fingerprint density at radius 2 is 2.04 bits per heavy atom. The number of benzene rings is 1. The van der Waals surface area contributed by atoms with Crippen LogP contribution in [-0.2, 0) is 16.7 Å². The van der Waals surface area contributed by atoms with Crippen molar-refractivity contribution in [3.63, 3.8) is 0 Å². The molecule has 1 aromatic carbocycles. The van der Waals surface area contributed by atoms with Gasteiger partial charge in [0.15, 0.2) is 11.6 Å². The average molecular weight is 340 g/mol. The van der Waals surface area contributed by atoms with Crippen molar-refractivity contribution in [2.45, 2.75) is 31.7 Å². The highest BCUT2D eigenvalue weighted by Gasteiger charge is 2.36. The highest BCUT2D eigenvalue weighted by molar-refractivity contribution is 5.48. The van der Waals surface area contributed by atoms with E-state index in [1.807, 2.05) is 31.3 Å². The first kappa shape index (κ1) is 16.1. The van der Waals surface area contributed by atoms with Crippen LogP contribution in [0.1, 0.15) is 24.2 Å². The molecule has 130 valence electrons. The van der Waals surface area contributed by atoms with Gasteiger partial charge in [-0.15, -0.1) is 0 Å². The summed E-state index contributed by atoms with van der Waals surface area (Å²) in [5.74, 6) is 2.21. The zero-order chi connectivity index (χ0) is 17.3. The number of nitrogens with zero attached hydrogens (tertiary/aromatic N) is 2. The van der Waals surface area contributed by atoms with Crippen molar-refractivity contribution in [2.24, 2.45) is 0 Å². The van der Waals surface area contributed by atoms with E-state index >= 15 is 0 Å². The van der Waals surface area contributed by atoms with Gasteiger partial charge in [0, 0.05) is 37.6 Å². The van der Waals surface area contributed by atoms with Gasteiger partial charge in [-0.3, -0.25) is 0 Å². The summed E-state index contributed by atoms with van der Waals surface area (Å²) >= 11 is 0. The SMILES string of the molecule is Cc1ccc(-c2nccn2CC2(c3cccc(F)c3)CCOCC2)o1. The smallest absolute Gasteiger partial charge is 0.176 e. The van der Waals surface area contributed by atoms with Gasteiger partial charge in [-0.05, 0) is 49.6 Å². The van der Waals surface area contributed by atoms with E-state index in [0.29, 0.717) is 13.2 Å². The van der Waals surface area contributed by atoms with Gasteiger partial charge in [-0.1, -0.05) is 12.1 Å². The van der Waals surface area contributed by atoms with Crippen LogP contribution < -0.4 is 0 Å². The Morgan fingerprint density at radius 1 is 1.20 bits per heavy atom. The van der Waals surface area contributed by atoms with Crippen LogP contribution in [-0.4, -0.2) is 22.8 Å². The zero-order valence-electron chi connectivity index (χ0n) is 14.2. The summed E-state index contributed by atoms with van der Waals surface area (Å²) in [6.07, 6.45) is 5.45. The van der Waals surface area contributed by atoms with E-state index in [2.05, 4.69) is 9.55 Å². The summed E-state index contributed by atoms with van der Waals surface area (Å²) in [5.41, 5.74) is 0.850. The topological polar surface area (TPSA) is 40.2 Å². The summed E-state index contributed by atoms with van der Waals surface area (Å²) in [6, 6.07) is 10.8. The summed E-state index contributed by atoms with van der Waals surface area (Å²) in [4.78, 5) is 4.47. The summed E-state index contributed by atoms with van der Waals surface area (Å²) < 4.78 is 27.3. The number of rotatable bonds is 4. The molecular weight excluding hydrogens is 319 g/mol. The fraction of sp³-hybridized carbons (Fsp3) is 0.350. The fourth-order valence-corrected chi connectivity index (χ4v) is 3.66. The summed E-state index contributed by atoms with van der Waals surface area (Å²) in [5, 5.41) is 0. The van der Waals surface area contributed by atoms with Crippen LogP contribution in [0, 0.1) is 12.7 Å². The standard InChI is InChI=1S/C20H21FN2O2/c1-15-5-6-18(25-15)19-22-9-10-23(19)14-20(7-11-24-12-8-20)16-3-2-4-17(21)13-16/h2-6,9-10,13H,7-8,11-12,14H2,1H3. The lowest BCUT2D eigenvalue weighted by molar-refractivity contribution is 0.0435. The average Bonchev–Trinajstić information content (AvgIpc) is 3.24. The molecule has 3 aromatic rings. The number of halogens is 1. The van der Waals surface area contributed by atoms with E-state index in [4.69, 9.17) is 9.15 Å². The van der Waals surface area contributed by atoms with Crippen molar-refractivity contribution < 1.29 is 13.5 Å². The van der Waals surface area contributed by atoms with E-state index in [1.165, 1.54) is 6.07 Å². The molecule has 4 nitrogen and oxygen atoms in total. The molecule has 0 radical (unpaired) electrons. The summed E-state index contributed by atoms with van der Waals surface area (Å²) in [6.45, 7) is 4.00. The Hall–Kier alpha value is -2.40. The second-order valence-corrected chi connectivity index (χ2v) is 6.69. The number of hydrogen-bond acceptors (Lipinski definition) is 3.